The van der Waals surface area contributed by atoms with Crippen molar-refractivity contribution < 1.29 is 23.8 Å². The van der Waals surface area contributed by atoms with Crippen molar-refractivity contribution in [3.63, 3.8) is 0 Å². The van der Waals surface area contributed by atoms with E-state index in [9.17, 15) is 14.7 Å². The number of ether oxygens (including phenoxy) is 1. The van der Waals surface area contributed by atoms with Gasteiger partial charge in [-0.15, -0.1) is 0 Å². The van der Waals surface area contributed by atoms with Gasteiger partial charge in [-0.3, -0.25) is 9.59 Å². The van der Waals surface area contributed by atoms with Crippen LogP contribution in [0, 0.1) is 0 Å². The quantitative estimate of drug-likeness (QED) is 0.760. The fourth-order valence-electron chi connectivity index (χ4n) is 2.90. The van der Waals surface area contributed by atoms with Gasteiger partial charge in [0, 0.05) is 12.0 Å². The molecule has 0 bridgehead atoms. The van der Waals surface area contributed by atoms with E-state index in [0.717, 1.165) is 5.56 Å². The normalized spacial score (nSPS) is 15.7. The number of carbonyl (C=O) groups excluding carboxylic acids is 2. The third-order valence-corrected chi connectivity index (χ3v) is 4.21. The van der Waals surface area contributed by atoms with Gasteiger partial charge < -0.3 is 24.9 Å². The fourth-order valence-corrected chi connectivity index (χ4v) is 2.90. The van der Waals surface area contributed by atoms with Crippen molar-refractivity contribution in [3.8, 4) is 11.5 Å². The lowest BCUT2D eigenvalue weighted by Crippen LogP contribution is -2.44. The fraction of sp³-hybridized carbons (Fsp3) is 0.368. The predicted molar refractivity (Wildman–Crippen MR) is 94.0 cm³/mol. The zero-order valence-corrected chi connectivity index (χ0v) is 15.0. The van der Waals surface area contributed by atoms with Crippen molar-refractivity contribution in [2.24, 2.45) is 0 Å². The Morgan fingerprint density at radius 1 is 1.31 bits per heavy atom. The van der Waals surface area contributed by atoms with E-state index in [0.29, 0.717) is 17.9 Å². The maximum Gasteiger partial charge on any atom is 0.255 e. The van der Waals surface area contributed by atoms with Crippen molar-refractivity contribution >= 4 is 11.8 Å². The highest BCUT2D eigenvalue weighted by atomic mass is 16.5. The van der Waals surface area contributed by atoms with Gasteiger partial charge in [-0.2, -0.15) is 0 Å². The summed E-state index contributed by atoms with van der Waals surface area (Å²) in [6.07, 6.45) is 2.18. The van der Waals surface area contributed by atoms with Crippen LogP contribution < -0.4 is 15.4 Å². The van der Waals surface area contributed by atoms with Gasteiger partial charge in [0.1, 0.15) is 17.4 Å². The highest BCUT2D eigenvalue weighted by Crippen LogP contribution is 2.43. The van der Waals surface area contributed by atoms with Crippen molar-refractivity contribution in [1.29, 1.82) is 0 Å². The molecule has 1 aromatic heterocycles. The van der Waals surface area contributed by atoms with Gasteiger partial charge >= 0.3 is 0 Å². The Bertz CT molecular complexity index is 827. The van der Waals surface area contributed by atoms with Crippen molar-refractivity contribution in [2.75, 3.05) is 0 Å². The molecule has 138 valence electrons. The molecule has 0 aliphatic carbocycles. The summed E-state index contributed by atoms with van der Waals surface area (Å²) in [6, 6.07) is 6.00. The number of rotatable bonds is 5. The molecule has 7 nitrogen and oxygen atoms in total. The molecule has 2 heterocycles. The largest absolute Gasteiger partial charge is 0.504 e. The van der Waals surface area contributed by atoms with Crippen LogP contribution in [-0.2, 0) is 17.8 Å². The summed E-state index contributed by atoms with van der Waals surface area (Å²) in [5.41, 5.74) is 0.508. The van der Waals surface area contributed by atoms with Crippen LogP contribution in [0.4, 0.5) is 0 Å². The lowest BCUT2D eigenvalue weighted by Gasteiger charge is -2.18. The number of carbonyl (C=O) groups is 2. The molecule has 0 saturated heterocycles. The van der Waals surface area contributed by atoms with E-state index in [4.69, 9.17) is 9.15 Å². The summed E-state index contributed by atoms with van der Waals surface area (Å²) in [6.45, 7) is 5.63. The Kier molecular flexibility index (Phi) is 4.63. The first-order valence-electron chi connectivity index (χ1n) is 8.41. The molecule has 26 heavy (non-hydrogen) atoms. The molecular formula is C19H22N2O5. The summed E-state index contributed by atoms with van der Waals surface area (Å²) in [5, 5.41) is 15.6. The maximum absolute atomic E-state index is 12.4. The van der Waals surface area contributed by atoms with Crippen molar-refractivity contribution in [2.45, 2.75) is 45.4 Å². The first-order chi connectivity index (χ1) is 12.3. The third kappa shape index (κ3) is 3.66. The minimum atomic E-state index is -0.775. The van der Waals surface area contributed by atoms with Gasteiger partial charge in [-0.05, 0) is 39.0 Å². The van der Waals surface area contributed by atoms with E-state index in [2.05, 4.69) is 10.6 Å². The number of amides is 2. The molecule has 1 aliphatic rings. The van der Waals surface area contributed by atoms with Gasteiger partial charge in [0.25, 0.3) is 5.91 Å². The Balaban J connectivity index is 1.64. The van der Waals surface area contributed by atoms with Crippen LogP contribution in [0.2, 0.25) is 0 Å². The molecule has 1 aliphatic heterocycles. The van der Waals surface area contributed by atoms with Crippen molar-refractivity contribution in [1.82, 2.24) is 10.6 Å². The minimum Gasteiger partial charge on any atom is -0.504 e. The molecule has 3 N–H and O–H groups in total. The smallest absolute Gasteiger partial charge is 0.255 e. The Hall–Kier alpha value is -2.96. The molecule has 0 radical (unpaired) electrons. The Morgan fingerprint density at radius 2 is 2.08 bits per heavy atom. The number of furan rings is 1. The molecule has 0 unspecified atom stereocenters. The first-order valence-corrected chi connectivity index (χ1v) is 8.41. The van der Waals surface area contributed by atoms with E-state index in [-0.39, 0.29) is 23.8 Å². The van der Waals surface area contributed by atoms with Crippen LogP contribution in [0.1, 0.15) is 42.5 Å². The number of nitrogens with one attached hydrogen (secondary N) is 2. The van der Waals surface area contributed by atoms with Crippen LogP contribution in [0.3, 0.4) is 0 Å². The lowest BCUT2D eigenvalue weighted by molar-refractivity contribution is -0.122. The SMILES string of the molecule is C[C@@H](NC(=O)c1ccc2c(c1O)OC(C)(C)C2)C(=O)NCc1ccco1. The van der Waals surface area contributed by atoms with Gasteiger partial charge in [0.2, 0.25) is 5.91 Å². The topological polar surface area (TPSA) is 101 Å². The second-order valence-electron chi connectivity index (χ2n) is 6.98. The van der Waals surface area contributed by atoms with Gasteiger partial charge in [0.05, 0.1) is 18.4 Å². The van der Waals surface area contributed by atoms with Gasteiger partial charge in [-0.25, -0.2) is 0 Å². The molecule has 2 amide bonds. The highest BCUT2D eigenvalue weighted by molar-refractivity contribution is 6.00. The minimum absolute atomic E-state index is 0.0761. The average Bonchev–Trinajstić information content (AvgIpc) is 3.19. The third-order valence-electron chi connectivity index (χ3n) is 4.21. The maximum atomic E-state index is 12.4. The van der Waals surface area contributed by atoms with Gasteiger partial charge in [0.15, 0.2) is 11.5 Å². The zero-order chi connectivity index (χ0) is 18.9. The van der Waals surface area contributed by atoms with Crippen LogP contribution in [0.5, 0.6) is 11.5 Å². The van der Waals surface area contributed by atoms with E-state index < -0.39 is 17.6 Å². The first kappa shape index (κ1) is 17.8. The molecule has 2 aromatic rings. The molecule has 7 heteroatoms. The summed E-state index contributed by atoms with van der Waals surface area (Å²) >= 11 is 0. The van der Waals surface area contributed by atoms with E-state index >= 15 is 0 Å². The van der Waals surface area contributed by atoms with Crippen LogP contribution in [0.25, 0.3) is 0 Å². The predicted octanol–water partition coefficient (Wildman–Crippen LogP) is 2.13. The molecule has 1 aromatic carbocycles. The van der Waals surface area contributed by atoms with E-state index in [1.165, 1.54) is 6.26 Å². The standard InChI is InChI=1S/C19H22N2O5/c1-11(17(23)20-10-13-5-4-8-25-13)21-18(24)14-7-6-12-9-19(2,3)26-16(12)15(14)22/h4-8,11,22H,9-10H2,1-3H3,(H,20,23)(H,21,24)/t11-/m1/s1. The second-order valence-corrected chi connectivity index (χ2v) is 6.98. The highest BCUT2D eigenvalue weighted by Gasteiger charge is 2.34. The Morgan fingerprint density at radius 3 is 2.77 bits per heavy atom. The summed E-state index contributed by atoms with van der Waals surface area (Å²) in [7, 11) is 0. The summed E-state index contributed by atoms with van der Waals surface area (Å²) in [5.74, 6) is -0.147. The lowest BCUT2D eigenvalue weighted by atomic mass is 10.00. The number of hydrogen-bond donors (Lipinski definition) is 3. The number of aromatic hydroxyl groups is 1. The molecule has 3 rings (SSSR count). The van der Waals surface area contributed by atoms with E-state index in [1.807, 2.05) is 13.8 Å². The number of phenolic OH excluding ortho intramolecular Hbond substituents is 1. The number of fused-ring (bicyclic) bond motifs is 1. The monoisotopic (exact) mass is 358 g/mol. The van der Waals surface area contributed by atoms with Crippen LogP contribution in [-0.4, -0.2) is 28.6 Å². The number of benzene rings is 1. The summed E-state index contributed by atoms with van der Waals surface area (Å²) in [4.78, 5) is 24.6. The van der Waals surface area contributed by atoms with Gasteiger partial charge in [-0.1, -0.05) is 6.07 Å². The van der Waals surface area contributed by atoms with E-state index in [1.54, 1.807) is 31.2 Å². The molecule has 0 spiro atoms. The summed E-state index contributed by atoms with van der Waals surface area (Å²) < 4.78 is 10.9. The average molecular weight is 358 g/mol. The molecular weight excluding hydrogens is 336 g/mol. The molecule has 0 fully saturated rings. The number of hydrogen-bond acceptors (Lipinski definition) is 5. The Labute approximate surface area is 151 Å². The molecule has 1 atom stereocenters. The van der Waals surface area contributed by atoms with Crippen LogP contribution in [0.15, 0.2) is 34.9 Å². The second kappa shape index (κ2) is 6.74. The zero-order valence-electron chi connectivity index (χ0n) is 15.0. The number of phenols is 1. The van der Waals surface area contributed by atoms with Crippen LogP contribution >= 0.6 is 0 Å². The van der Waals surface area contributed by atoms with Crippen molar-refractivity contribution in [3.05, 3.63) is 47.4 Å². The molecule has 0 saturated carbocycles.